The lowest BCUT2D eigenvalue weighted by Crippen LogP contribution is -2.37. The van der Waals surface area contributed by atoms with Gasteiger partial charge in [-0.2, -0.15) is 0 Å². The van der Waals surface area contributed by atoms with Gasteiger partial charge in [0.2, 0.25) is 5.95 Å². The number of anilines is 1. The molecule has 0 aliphatic heterocycles. The molecule has 1 heterocycles. The van der Waals surface area contributed by atoms with Crippen molar-refractivity contribution < 1.29 is 9.50 Å². The minimum Gasteiger partial charge on any atom is -0.396 e. The van der Waals surface area contributed by atoms with Gasteiger partial charge < -0.3 is 10.0 Å². The van der Waals surface area contributed by atoms with Gasteiger partial charge in [-0.1, -0.05) is 12.8 Å². The number of hydrogen-bond acceptors (Lipinski definition) is 4. The summed E-state index contributed by atoms with van der Waals surface area (Å²) in [7, 11) is 1.88. The molecule has 4 nitrogen and oxygen atoms in total. The Bertz CT molecular complexity index is 363. The predicted octanol–water partition coefficient (Wildman–Crippen LogP) is 1.60. The van der Waals surface area contributed by atoms with E-state index in [4.69, 9.17) is 0 Å². The summed E-state index contributed by atoms with van der Waals surface area (Å²) in [5, 5.41) is 9.53. The first-order chi connectivity index (χ1) is 8.15. The van der Waals surface area contributed by atoms with Gasteiger partial charge in [-0.3, -0.25) is 0 Å². The number of halogens is 1. The summed E-state index contributed by atoms with van der Waals surface area (Å²) in [6.07, 6.45) is 6.74. The zero-order valence-electron chi connectivity index (χ0n) is 10.1. The molecule has 0 atom stereocenters. The van der Waals surface area contributed by atoms with Crippen LogP contribution in [0.4, 0.5) is 10.3 Å². The van der Waals surface area contributed by atoms with Gasteiger partial charge in [0.25, 0.3) is 0 Å². The van der Waals surface area contributed by atoms with Gasteiger partial charge in [0.1, 0.15) is 0 Å². The van der Waals surface area contributed by atoms with E-state index >= 15 is 0 Å². The highest BCUT2D eigenvalue weighted by Crippen LogP contribution is 2.38. The third-order valence-corrected chi connectivity index (χ3v) is 3.52. The SMILES string of the molecule is CN(CC1(CO)CCCC1)c1ncc(F)cn1. The summed E-state index contributed by atoms with van der Waals surface area (Å²) in [4.78, 5) is 9.78. The van der Waals surface area contributed by atoms with Crippen LogP contribution in [0.2, 0.25) is 0 Å². The summed E-state index contributed by atoms with van der Waals surface area (Å²) >= 11 is 0. The molecule has 94 valence electrons. The lowest BCUT2D eigenvalue weighted by molar-refractivity contribution is 0.136. The molecule has 0 amide bonds. The predicted molar refractivity (Wildman–Crippen MR) is 63.2 cm³/mol. The van der Waals surface area contributed by atoms with Crippen LogP contribution in [0, 0.1) is 11.2 Å². The fraction of sp³-hybridized carbons (Fsp3) is 0.667. The van der Waals surface area contributed by atoms with Crippen molar-refractivity contribution in [3.63, 3.8) is 0 Å². The molecule has 5 heteroatoms. The summed E-state index contributed by atoms with van der Waals surface area (Å²) in [5.41, 5.74) is -0.0352. The van der Waals surface area contributed by atoms with Gasteiger partial charge >= 0.3 is 0 Å². The van der Waals surface area contributed by atoms with Crippen molar-refractivity contribution in [2.75, 3.05) is 25.1 Å². The molecule has 1 aromatic rings. The van der Waals surface area contributed by atoms with Crippen molar-refractivity contribution in [1.29, 1.82) is 0 Å². The van der Waals surface area contributed by atoms with Crippen molar-refractivity contribution in [2.45, 2.75) is 25.7 Å². The van der Waals surface area contributed by atoms with Crippen molar-refractivity contribution in [3.05, 3.63) is 18.2 Å². The van der Waals surface area contributed by atoms with E-state index < -0.39 is 5.82 Å². The molecule has 0 radical (unpaired) electrons. The maximum Gasteiger partial charge on any atom is 0.225 e. The summed E-state index contributed by atoms with van der Waals surface area (Å²) < 4.78 is 12.7. The van der Waals surface area contributed by atoms with Crippen molar-refractivity contribution >= 4 is 5.95 Å². The second kappa shape index (κ2) is 4.96. The molecule has 2 rings (SSSR count). The van der Waals surface area contributed by atoms with Crippen LogP contribution in [0.3, 0.4) is 0 Å². The Kier molecular flexibility index (Phi) is 3.57. The Labute approximate surface area is 101 Å². The lowest BCUT2D eigenvalue weighted by atomic mass is 9.87. The number of hydrogen-bond donors (Lipinski definition) is 1. The Balaban J connectivity index is 2.05. The fourth-order valence-corrected chi connectivity index (χ4v) is 2.57. The number of rotatable bonds is 4. The van der Waals surface area contributed by atoms with Crippen molar-refractivity contribution in [3.8, 4) is 0 Å². The van der Waals surface area contributed by atoms with Crippen LogP contribution in [0.25, 0.3) is 0 Å². The van der Waals surface area contributed by atoms with E-state index in [0.29, 0.717) is 5.95 Å². The maximum absolute atomic E-state index is 12.7. The van der Waals surface area contributed by atoms with E-state index in [9.17, 15) is 9.50 Å². The highest BCUT2D eigenvalue weighted by Gasteiger charge is 2.34. The van der Waals surface area contributed by atoms with Gasteiger partial charge in [-0.25, -0.2) is 14.4 Å². The fourth-order valence-electron chi connectivity index (χ4n) is 2.57. The second-order valence-corrected chi connectivity index (χ2v) is 4.92. The van der Waals surface area contributed by atoms with Crippen molar-refractivity contribution in [1.82, 2.24) is 9.97 Å². The van der Waals surface area contributed by atoms with Crippen LogP contribution in [0.15, 0.2) is 12.4 Å². The Morgan fingerprint density at radius 3 is 2.47 bits per heavy atom. The first kappa shape index (κ1) is 12.2. The molecule has 1 fully saturated rings. The average molecular weight is 239 g/mol. The molecule has 1 aromatic heterocycles. The molecule has 17 heavy (non-hydrogen) atoms. The number of nitrogens with zero attached hydrogens (tertiary/aromatic N) is 3. The van der Waals surface area contributed by atoms with Crippen LogP contribution >= 0.6 is 0 Å². The average Bonchev–Trinajstić information content (AvgIpc) is 2.79. The molecular formula is C12H18FN3O. The molecule has 1 aliphatic carbocycles. The monoisotopic (exact) mass is 239 g/mol. The Hall–Kier alpha value is -1.23. The first-order valence-electron chi connectivity index (χ1n) is 5.95. The third-order valence-electron chi connectivity index (χ3n) is 3.52. The molecule has 1 saturated carbocycles. The van der Waals surface area contributed by atoms with Crippen molar-refractivity contribution in [2.24, 2.45) is 5.41 Å². The van der Waals surface area contributed by atoms with E-state index in [1.54, 1.807) is 0 Å². The van der Waals surface area contributed by atoms with Crippen LogP contribution in [-0.2, 0) is 0 Å². The second-order valence-electron chi connectivity index (χ2n) is 4.92. The molecular weight excluding hydrogens is 221 g/mol. The summed E-state index contributed by atoms with van der Waals surface area (Å²) in [6.45, 7) is 0.910. The quantitative estimate of drug-likeness (QED) is 0.867. The zero-order valence-corrected chi connectivity index (χ0v) is 10.1. The first-order valence-corrected chi connectivity index (χ1v) is 5.95. The molecule has 0 saturated heterocycles. The lowest BCUT2D eigenvalue weighted by Gasteiger charge is -2.31. The van der Waals surface area contributed by atoms with Gasteiger partial charge in [0, 0.05) is 19.0 Å². The van der Waals surface area contributed by atoms with Gasteiger partial charge in [-0.15, -0.1) is 0 Å². The smallest absolute Gasteiger partial charge is 0.225 e. The Morgan fingerprint density at radius 2 is 1.94 bits per heavy atom. The number of aromatic nitrogens is 2. The topological polar surface area (TPSA) is 49.2 Å². The maximum atomic E-state index is 12.7. The Morgan fingerprint density at radius 1 is 1.35 bits per heavy atom. The van der Waals surface area contributed by atoms with Crippen LogP contribution in [0.1, 0.15) is 25.7 Å². The zero-order chi connectivity index (χ0) is 12.3. The standard InChI is InChI=1S/C12H18FN3O/c1-16(11-14-6-10(13)7-15-11)8-12(9-17)4-2-3-5-12/h6-7,17H,2-5,8-9H2,1H3. The van der Waals surface area contributed by atoms with Crippen LogP contribution in [-0.4, -0.2) is 35.3 Å². The largest absolute Gasteiger partial charge is 0.396 e. The summed E-state index contributed by atoms with van der Waals surface area (Å²) in [6, 6.07) is 0. The summed E-state index contributed by atoms with van der Waals surface area (Å²) in [5.74, 6) is 0.0750. The molecule has 0 bridgehead atoms. The molecule has 0 unspecified atom stereocenters. The molecule has 1 aliphatic rings. The van der Waals surface area contributed by atoms with E-state index in [0.717, 1.165) is 19.4 Å². The highest BCUT2D eigenvalue weighted by atomic mass is 19.1. The highest BCUT2D eigenvalue weighted by molar-refractivity contribution is 5.27. The van der Waals surface area contributed by atoms with Gasteiger partial charge in [0.05, 0.1) is 19.0 Å². The molecule has 0 aromatic carbocycles. The molecule has 0 spiro atoms. The third kappa shape index (κ3) is 2.72. The van der Waals surface area contributed by atoms with E-state index in [-0.39, 0.29) is 12.0 Å². The van der Waals surface area contributed by atoms with Gasteiger partial charge in [0.15, 0.2) is 5.82 Å². The van der Waals surface area contributed by atoms with E-state index in [2.05, 4.69) is 9.97 Å². The van der Waals surface area contributed by atoms with E-state index in [1.165, 1.54) is 25.2 Å². The van der Waals surface area contributed by atoms with Crippen LogP contribution < -0.4 is 4.90 Å². The minimum absolute atomic E-state index is 0.0352. The minimum atomic E-state index is -0.431. The van der Waals surface area contributed by atoms with E-state index in [1.807, 2.05) is 11.9 Å². The van der Waals surface area contributed by atoms with Crippen LogP contribution in [0.5, 0.6) is 0 Å². The number of aliphatic hydroxyl groups excluding tert-OH is 1. The van der Waals surface area contributed by atoms with Gasteiger partial charge in [-0.05, 0) is 12.8 Å². The normalized spacial score (nSPS) is 18.3. The molecule has 1 N–H and O–H groups in total. The number of aliphatic hydroxyl groups is 1.